The van der Waals surface area contributed by atoms with Crippen molar-refractivity contribution in [3.63, 3.8) is 0 Å². The van der Waals surface area contributed by atoms with Gasteiger partial charge in [0.2, 0.25) is 0 Å². The fraction of sp³-hybridized carbons (Fsp3) is 0. The van der Waals surface area contributed by atoms with Crippen molar-refractivity contribution in [2.24, 2.45) is 0 Å². The first-order valence-electron chi connectivity index (χ1n) is 2.18. The largest absolute Gasteiger partial charge is 0.425 e. The molecule has 5 heteroatoms. The van der Waals surface area contributed by atoms with Gasteiger partial charge in [-0.05, 0) is 0 Å². The van der Waals surface area contributed by atoms with Crippen molar-refractivity contribution in [2.45, 2.75) is 0 Å². The number of hydrogen-bond donors (Lipinski definition) is 2. The molecule has 0 spiro atoms. The first-order chi connectivity index (χ1) is 4.20. The maximum absolute atomic E-state index is 8.65. The summed E-state index contributed by atoms with van der Waals surface area (Å²) in [5, 5.41) is 15.8. The van der Waals surface area contributed by atoms with Gasteiger partial charge in [0.15, 0.2) is 5.49 Å². The quantitative estimate of drug-likeness (QED) is 0.406. The van der Waals surface area contributed by atoms with Gasteiger partial charge < -0.3 is 5.21 Å². The third-order valence-corrected chi connectivity index (χ3v) is 1.000. The van der Waals surface area contributed by atoms with E-state index in [9.17, 15) is 0 Å². The second kappa shape index (κ2) is 2.06. The van der Waals surface area contributed by atoms with E-state index >= 15 is 0 Å². The monoisotopic (exact) mass is 145 g/mol. The van der Waals surface area contributed by atoms with E-state index in [1.54, 1.807) is 0 Å². The Bertz CT molecular complexity index is 269. The van der Waals surface area contributed by atoms with Crippen LogP contribution in [-0.2, 0) is 0 Å². The van der Waals surface area contributed by atoms with Crippen molar-refractivity contribution in [1.82, 2.24) is 9.71 Å². The Morgan fingerprint density at radius 2 is 2.44 bits per heavy atom. The van der Waals surface area contributed by atoms with Crippen molar-refractivity contribution in [2.75, 3.05) is 0 Å². The van der Waals surface area contributed by atoms with Crippen molar-refractivity contribution in [3.8, 4) is 0 Å². The van der Waals surface area contributed by atoms with Crippen LogP contribution in [0.2, 0.25) is 5.15 Å². The highest BCUT2D eigenvalue weighted by Gasteiger charge is 1.88. The molecule has 2 N–H and O–H groups in total. The van der Waals surface area contributed by atoms with E-state index in [1.807, 2.05) is 0 Å². The number of halogens is 1. The summed E-state index contributed by atoms with van der Waals surface area (Å²) >= 11 is 5.36. The van der Waals surface area contributed by atoms with Crippen LogP contribution in [0.1, 0.15) is 0 Å². The van der Waals surface area contributed by atoms with E-state index in [2.05, 4.69) is 4.98 Å². The molecule has 4 nitrogen and oxygen atoms in total. The van der Waals surface area contributed by atoms with Crippen LogP contribution >= 0.6 is 11.6 Å². The second-order valence-electron chi connectivity index (χ2n) is 1.44. The van der Waals surface area contributed by atoms with Crippen LogP contribution in [-0.4, -0.2) is 14.9 Å². The number of hydrogen-bond acceptors (Lipinski definition) is 3. The minimum absolute atomic E-state index is 0.0880. The molecule has 0 fully saturated rings. The first-order valence-corrected chi connectivity index (χ1v) is 2.56. The Kier molecular flexibility index (Phi) is 1.40. The second-order valence-corrected chi connectivity index (χ2v) is 1.83. The summed E-state index contributed by atoms with van der Waals surface area (Å²) in [6.45, 7) is 0. The number of rotatable bonds is 0. The first kappa shape index (κ1) is 6.10. The van der Waals surface area contributed by atoms with Gasteiger partial charge in [-0.25, -0.2) is 4.98 Å². The third kappa shape index (κ3) is 1.20. The number of aromatic nitrogens is 2. The molecule has 48 valence electrons. The van der Waals surface area contributed by atoms with Gasteiger partial charge >= 0.3 is 0 Å². The van der Waals surface area contributed by atoms with Crippen molar-refractivity contribution in [1.29, 1.82) is 5.41 Å². The zero-order valence-electron chi connectivity index (χ0n) is 4.37. The van der Waals surface area contributed by atoms with Crippen LogP contribution < -0.4 is 5.49 Å². The van der Waals surface area contributed by atoms with Gasteiger partial charge in [0, 0.05) is 6.07 Å². The zero-order valence-corrected chi connectivity index (χ0v) is 5.13. The van der Waals surface area contributed by atoms with Crippen LogP contribution in [0.25, 0.3) is 0 Å². The molecule has 0 radical (unpaired) electrons. The van der Waals surface area contributed by atoms with Crippen LogP contribution in [0.15, 0.2) is 12.4 Å². The zero-order chi connectivity index (χ0) is 6.85. The smallest absolute Gasteiger partial charge is 0.165 e. The van der Waals surface area contributed by atoms with Crippen molar-refractivity contribution in [3.05, 3.63) is 23.0 Å². The van der Waals surface area contributed by atoms with E-state index in [0.29, 0.717) is 4.73 Å². The van der Waals surface area contributed by atoms with E-state index in [0.717, 1.165) is 6.33 Å². The molecule has 0 aromatic carbocycles. The van der Waals surface area contributed by atoms with Crippen molar-refractivity contribution >= 4 is 11.6 Å². The highest BCUT2D eigenvalue weighted by molar-refractivity contribution is 6.29. The molecule has 1 rings (SSSR count). The molecule has 0 bridgehead atoms. The molecule has 0 aliphatic rings. The summed E-state index contributed by atoms with van der Waals surface area (Å²) in [6, 6.07) is 1.24. The van der Waals surface area contributed by atoms with Gasteiger partial charge in [-0.3, -0.25) is 5.41 Å². The molecule has 0 saturated carbocycles. The number of nitrogens with one attached hydrogen (secondary N) is 1. The summed E-state index contributed by atoms with van der Waals surface area (Å²) in [5.74, 6) is 0. The predicted molar refractivity (Wildman–Crippen MR) is 30.3 cm³/mol. The Morgan fingerprint density at radius 3 is 2.89 bits per heavy atom. The summed E-state index contributed by atoms with van der Waals surface area (Å²) < 4.78 is 0.575. The van der Waals surface area contributed by atoms with Crippen molar-refractivity contribution < 1.29 is 5.21 Å². The minimum Gasteiger partial charge on any atom is -0.425 e. The van der Waals surface area contributed by atoms with E-state index < -0.39 is 0 Å². The predicted octanol–water partition coefficient (Wildman–Crippen LogP) is 0.253. The van der Waals surface area contributed by atoms with Crippen LogP contribution in [0.4, 0.5) is 0 Å². The van der Waals surface area contributed by atoms with Gasteiger partial charge in [0.1, 0.15) is 11.5 Å². The maximum Gasteiger partial charge on any atom is 0.165 e. The van der Waals surface area contributed by atoms with Gasteiger partial charge in [-0.15, -0.1) is 0 Å². The minimum atomic E-state index is -0.0880. The van der Waals surface area contributed by atoms with Gasteiger partial charge in [0.25, 0.3) is 0 Å². The molecular formula is C4H4ClN3O. The summed E-state index contributed by atoms with van der Waals surface area (Å²) in [7, 11) is 0. The van der Waals surface area contributed by atoms with Gasteiger partial charge in [-0.1, -0.05) is 11.6 Å². The molecule has 9 heavy (non-hydrogen) atoms. The highest BCUT2D eigenvalue weighted by atomic mass is 35.5. The van der Waals surface area contributed by atoms with Gasteiger partial charge in [-0.2, -0.15) is 4.73 Å². The molecule has 0 amide bonds. The average Bonchev–Trinajstić information content (AvgIpc) is 1.80. The fourth-order valence-corrected chi connectivity index (χ4v) is 0.535. The van der Waals surface area contributed by atoms with Gasteiger partial charge in [0.05, 0.1) is 0 Å². The Balaban J connectivity index is 3.34. The van der Waals surface area contributed by atoms with Crippen LogP contribution in [0, 0.1) is 5.41 Å². The SMILES string of the molecule is N=c1cc(Cl)ncn1O. The Hall–Kier alpha value is -1.03. The third-order valence-electron chi connectivity index (χ3n) is 0.793. The Labute approximate surface area is 55.8 Å². The van der Waals surface area contributed by atoms with E-state index in [1.165, 1.54) is 6.07 Å². The Morgan fingerprint density at radius 1 is 1.78 bits per heavy atom. The lowest BCUT2D eigenvalue weighted by Crippen LogP contribution is -2.16. The summed E-state index contributed by atoms with van der Waals surface area (Å²) in [4.78, 5) is 3.50. The van der Waals surface area contributed by atoms with E-state index in [4.69, 9.17) is 22.2 Å². The van der Waals surface area contributed by atoms with Crippen LogP contribution in [0.5, 0.6) is 0 Å². The summed E-state index contributed by atoms with van der Waals surface area (Å²) in [5.41, 5.74) is -0.0880. The lowest BCUT2D eigenvalue weighted by Gasteiger charge is -1.92. The maximum atomic E-state index is 8.65. The molecular weight excluding hydrogens is 142 g/mol. The number of nitrogens with zero attached hydrogens (tertiary/aromatic N) is 2. The lowest BCUT2D eigenvalue weighted by atomic mass is 10.6. The summed E-state index contributed by atoms with van der Waals surface area (Å²) in [6.07, 6.45) is 1.06. The average molecular weight is 146 g/mol. The molecule has 1 aromatic rings. The highest BCUT2D eigenvalue weighted by Crippen LogP contribution is 1.94. The molecule has 0 atom stereocenters. The molecule has 0 saturated heterocycles. The molecule has 0 aliphatic carbocycles. The normalized spacial score (nSPS) is 9.44. The fourth-order valence-electron chi connectivity index (χ4n) is 0.388. The van der Waals surface area contributed by atoms with E-state index in [-0.39, 0.29) is 10.6 Å². The molecule has 1 heterocycles. The molecule has 1 aromatic heterocycles. The molecule has 0 unspecified atom stereocenters. The topological polar surface area (TPSA) is 61.9 Å². The standard InChI is InChI=1S/C4H4ClN3O/c5-3-1-4(6)8(9)2-7-3/h1-2,6,9H. The van der Waals surface area contributed by atoms with Crippen LogP contribution in [0.3, 0.4) is 0 Å². The lowest BCUT2D eigenvalue weighted by molar-refractivity contribution is 0.166. The molecule has 0 aliphatic heterocycles.